The highest BCUT2D eigenvalue weighted by Gasteiger charge is 1.98. The molecule has 0 bridgehead atoms. The van der Waals surface area contributed by atoms with Crippen molar-refractivity contribution in [1.29, 1.82) is 0 Å². The smallest absolute Gasteiger partial charge is 0.116 e. The van der Waals surface area contributed by atoms with Crippen LogP contribution in [0.4, 0.5) is 0 Å². The number of nitrogens with two attached hydrogens (primary N) is 1. The molecular weight excluding hydrogens is 218 g/mol. The molecule has 0 aliphatic carbocycles. The Morgan fingerprint density at radius 3 is 2.81 bits per heavy atom. The van der Waals surface area contributed by atoms with E-state index in [1.165, 1.54) is 11.1 Å². The van der Waals surface area contributed by atoms with Gasteiger partial charge >= 0.3 is 0 Å². The number of rotatable bonds is 4. The third-order valence-corrected chi connectivity index (χ3v) is 3.18. The number of thioether (sulfide) groups is 1. The van der Waals surface area contributed by atoms with E-state index in [9.17, 15) is 0 Å². The summed E-state index contributed by atoms with van der Waals surface area (Å²) in [7, 11) is 0. The second kappa shape index (κ2) is 5.63. The van der Waals surface area contributed by atoms with Crippen molar-refractivity contribution >= 4 is 11.8 Å². The number of hydrogen-bond acceptors (Lipinski definition) is 4. The molecule has 3 nitrogen and oxygen atoms in total. The minimum absolute atomic E-state index is 0.589. The van der Waals surface area contributed by atoms with Gasteiger partial charge in [0, 0.05) is 18.5 Å². The van der Waals surface area contributed by atoms with E-state index < -0.39 is 0 Å². The van der Waals surface area contributed by atoms with E-state index in [1.54, 1.807) is 24.3 Å². The Bertz CT molecular complexity index is 445. The first-order valence-corrected chi connectivity index (χ1v) is 6.04. The molecular formula is C12H13N3S. The maximum atomic E-state index is 5.60. The minimum atomic E-state index is 0.589. The van der Waals surface area contributed by atoms with Gasteiger partial charge in [-0.05, 0) is 17.2 Å². The Kier molecular flexibility index (Phi) is 3.91. The van der Waals surface area contributed by atoms with Crippen LogP contribution in [0.5, 0.6) is 0 Å². The zero-order chi connectivity index (χ0) is 11.2. The summed E-state index contributed by atoms with van der Waals surface area (Å²) in [6.45, 7) is 0.589. The van der Waals surface area contributed by atoms with Crippen molar-refractivity contribution in [3.05, 3.63) is 54.0 Å². The van der Waals surface area contributed by atoms with Crippen LogP contribution < -0.4 is 5.73 Å². The molecule has 0 aliphatic rings. The standard InChI is InChI=1S/C12H13N3S/c13-7-10-2-1-3-11(6-10)8-16-12-4-5-14-9-15-12/h1-6,9H,7-8,13H2. The van der Waals surface area contributed by atoms with Crippen molar-refractivity contribution in [1.82, 2.24) is 9.97 Å². The largest absolute Gasteiger partial charge is 0.326 e. The Morgan fingerprint density at radius 2 is 2.06 bits per heavy atom. The van der Waals surface area contributed by atoms with Crippen LogP contribution in [-0.2, 0) is 12.3 Å². The van der Waals surface area contributed by atoms with Gasteiger partial charge in [0.05, 0.1) is 5.03 Å². The van der Waals surface area contributed by atoms with Crippen LogP contribution in [0, 0.1) is 0 Å². The highest BCUT2D eigenvalue weighted by molar-refractivity contribution is 7.98. The maximum Gasteiger partial charge on any atom is 0.116 e. The molecule has 0 amide bonds. The molecule has 2 rings (SSSR count). The monoisotopic (exact) mass is 231 g/mol. The fourth-order valence-electron chi connectivity index (χ4n) is 1.37. The predicted molar refractivity (Wildman–Crippen MR) is 65.9 cm³/mol. The lowest BCUT2D eigenvalue weighted by atomic mass is 10.1. The summed E-state index contributed by atoms with van der Waals surface area (Å²) in [6, 6.07) is 10.2. The molecule has 2 N–H and O–H groups in total. The molecule has 1 heterocycles. The fourth-order valence-corrected chi connectivity index (χ4v) is 2.14. The molecule has 4 heteroatoms. The van der Waals surface area contributed by atoms with Crippen molar-refractivity contribution in [3.8, 4) is 0 Å². The van der Waals surface area contributed by atoms with Gasteiger partial charge in [-0.1, -0.05) is 24.3 Å². The fraction of sp³-hybridized carbons (Fsp3) is 0.167. The van der Waals surface area contributed by atoms with E-state index in [1.807, 2.05) is 18.2 Å². The lowest BCUT2D eigenvalue weighted by Crippen LogP contribution is -1.96. The molecule has 82 valence electrons. The number of benzene rings is 1. The van der Waals surface area contributed by atoms with Gasteiger partial charge in [0.2, 0.25) is 0 Å². The van der Waals surface area contributed by atoms with Gasteiger partial charge < -0.3 is 5.73 Å². The first-order valence-electron chi connectivity index (χ1n) is 5.05. The van der Waals surface area contributed by atoms with E-state index in [0.29, 0.717) is 6.54 Å². The quantitative estimate of drug-likeness (QED) is 0.647. The zero-order valence-electron chi connectivity index (χ0n) is 8.84. The van der Waals surface area contributed by atoms with Gasteiger partial charge in [0.15, 0.2) is 0 Å². The highest BCUT2D eigenvalue weighted by atomic mass is 32.2. The van der Waals surface area contributed by atoms with Crippen LogP contribution in [-0.4, -0.2) is 9.97 Å². The van der Waals surface area contributed by atoms with E-state index >= 15 is 0 Å². The molecule has 0 aliphatic heterocycles. The topological polar surface area (TPSA) is 51.8 Å². The maximum absolute atomic E-state index is 5.60. The van der Waals surface area contributed by atoms with Crippen LogP contribution in [0.25, 0.3) is 0 Å². The van der Waals surface area contributed by atoms with Crippen molar-refractivity contribution in [2.45, 2.75) is 17.3 Å². The summed E-state index contributed by atoms with van der Waals surface area (Å²) in [5.74, 6) is 0.908. The normalized spacial score (nSPS) is 10.3. The average Bonchev–Trinajstić information content (AvgIpc) is 2.38. The molecule has 1 aromatic heterocycles. The van der Waals surface area contributed by atoms with E-state index in [0.717, 1.165) is 10.8 Å². The molecule has 0 saturated carbocycles. The summed E-state index contributed by atoms with van der Waals surface area (Å²) < 4.78 is 0. The molecule has 16 heavy (non-hydrogen) atoms. The number of aromatic nitrogens is 2. The van der Waals surface area contributed by atoms with Crippen LogP contribution in [0.15, 0.2) is 47.9 Å². The Labute approximate surface area is 99.1 Å². The minimum Gasteiger partial charge on any atom is -0.326 e. The van der Waals surface area contributed by atoms with Crippen molar-refractivity contribution in [2.24, 2.45) is 5.73 Å². The first-order chi connectivity index (χ1) is 7.88. The molecule has 1 aromatic carbocycles. The predicted octanol–water partition coefficient (Wildman–Crippen LogP) is 2.23. The second-order valence-corrected chi connectivity index (χ2v) is 4.36. The van der Waals surface area contributed by atoms with Gasteiger partial charge in [0.1, 0.15) is 6.33 Å². The molecule has 0 spiro atoms. The van der Waals surface area contributed by atoms with Gasteiger partial charge in [-0.15, -0.1) is 11.8 Å². The first kappa shape index (κ1) is 11.1. The lowest BCUT2D eigenvalue weighted by molar-refractivity contribution is 1.04. The SMILES string of the molecule is NCc1cccc(CSc2ccncn2)c1. The number of hydrogen-bond donors (Lipinski definition) is 1. The van der Waals surface area contributed by atoms with Crippen molar-refractivity contribution in [2.75, 3.05) is 0 Å². The van der Waals surface area contributed by atoms with E-state index in [4.69, 9.17) is 5.73 Å². The Hall–Kier alpha value is -1.39. The summed E-state index contributed by atoms with van der Waals surface area (Å²) in [6.07, 6.45) is 3.32. The van der Waals surface area contributed by atoms with Crippen molar-refractivity contribution < 1.29 is 0 Å². The second-order valence-electron chi connectivity index (χ2n) is 3.36. The van der Waals surface area contributed by atoms with E-state index in [-0.39, 0.29) is 0 Å². The van der Waals surface area contributed by atoms with Crippen LogP contribution >= 0.6 is 11.8 Å². The molecule has 0 atom stereocenters. The molecule has 0 unspecified atom stereocenters. The van der Waals surface area contributed by atoms with Gasteiger partial charge in [-0.25, -0.2) is 9.97 Å². The summed E-state index contributed by atoms with van der Waals surface area (Å²) in [4.78, 5) is 8.05. The third-order valence-electron chi connectivity index (χ3n) is 2.17. The van der Waals surface area contributed by atoms with Gasteiger partial charge in [-0.3, -0.25) is 0 Å². The molecule has 0 saturated heterocycles. The highest BCUT2D eigenvalue weighted by Crippen LogP contribution is 2.20. The Morgan fingerprint density at radius 1 is 1.19 bits per heavy atom. The van der Waals surface area contributed by atoms with E-state index in [2.05, 4.69) is 22.1 Å². The molecule has 0 radical (unpaired) electrons. The summed E-state index contributed by atoms with van der Waals surface area (Å²) in [5.41, 5.74) is 8.04. The molecule has 0 fully saturated rings. The Balaban J connectivity index is 1.99. The van der Waals surface area contributed by atoms with Crippen LogP contribution in [0.2, 0.25) is 0 Å². The average molecular weight is 231 g/mol. The van der Waals surface area contributed by atoms with Crippen LogP contribution in [0.3, 0.4) is 0 Å². The lowest BCUT2D eigenvalue weighted by Gasteiger charge is -2.03. The number of nitrogens with zero attached hydrogens (tertiary/aromatic N) is 2. The molecule has 2 aromatic rings. The van der Waals surface area contributed by atoms with Crippen LogP contribution in [0.1, 0.15) is 11.1 Å². The summed E-state index contributed by atoms with van der Waals surface area (Å²) >= 11 is 1.70. The van der Waals surface area contributed by atoms with Crippen molar-refractivity contribution in [3.63, 3.8) is 0 Å². The van der Waals surface area contributed by atoms with Gasteiger partial charge in [-0.2, -0.15) is 0 Å². The third kappa shape index (κ3) is 3.05. The van der Waals surface area contributed by atoms with Gasteiger partial charge in [0.25, 0.3) is 0 Å². The zero-order valence-corrected chi connectivity index (χ0v) is 9.65. The summed E-state index contributed by atoms with van der Waals surface area (Å²) in [5, 5.41) is 0.994.